The van der Waals surface area contributed by atoms with Gasteiger partial charge in [0.15, 0.2) is 11.3 Å². The van der Waals surface area contributed by atoms with E-state index in [2.05, 4.69) is 42.3 Å². The maximum atomic E-state index is 13.3. The van der Waals surface area contributed by atoms with E-state index in [0.29, 0.717) is 14.3 Å². The minimum Gasteiger partial charge on any atom is -0.461 e. The molecule has 0 aliphatic carbocycles. The average Bonchev–Trinajstić information content (AvgIpc) is 2.80. The van der Waals surface area contributed by atoms with E-state index in [1.54, 1.807) is 19.1 Å². The molecule has 2 aromatic carbocycles. The largest absolute Gasteiger partial charge is 0.461 e. The number of halogens is 3. The molecule has 0 aliphatic rings. The van der Waals surface area contributed by atoms with Crippen LogP contribution in [0.5, 0.6) is 0 Å². The summed E-state index contributed by atoms with van der Waals surface area (Å²) in [4.78, 5) is 50.7. The molecule has 0 aliphatic heterocycles. The van der Waals surface area contributed by atoms with Gasteiger partial charge >= 0.3 is 11.6 Å². The number of carbonyl (C=O) groups is 2. The fourth-order valence-electron chi connectivity index (χ4n) is 3.17. The van der Waals surface area contributed by atoms with Gasteiger partial charge in [0.25, 0.3) is 11.5 Å². The molecule has 0 saturated heterocycles. The first-order chi connectivity index (χ1) is 16.7. The molecule has 4 rings (SSSR count). The van der Waals surface area contributed by atoms with Crippen LogP contribution in [-0.2, 0) is 4.74 Å². The smallest absolute Gasteiger partial charge is 0.360 e. The van der Waals surface area contributed by atoms with Crippen molar-refractivity contribution in [2.45, 2.75) is 6.92 Å². The van der Waals surface area contributed by atoms with Gasteiger partial charge in [-0.1, -0.05) is 15.9 Å². The molecule has 0 unspecified atom stereocenters. The lowest BCUT2D eigenvalue weighted by Crippen LogP contribution is -2.28. The van der Waals surface area contributed by atoms with Crippen molar-refractivity contribution in [3.8, 4) is 5.69 Å². The van der Waals surface area contributed by atoms with E-state index in [9.17, 15) is 23.6 Å². The number of aromatic nitrogens is 2. The van der Waals surface area contributed by atoms with E-state index < -0.39 is 28.9 Å². The highest BCUT2D eigenvalue weighted by molar-refractivity contribution is 9.11. The van der Waals surface area contributed by atoms with Gasteiger partial charge in [-0.3, -0.25) is 9.59 Å². The number of nitrogens with one attached hydrogen (secondary N) is 1. The van der Waals surface area contributed by atoms with Gasteiger partial charge in [0.1, 0.15) is 11.4 Å². The van der Waals surface area contributed by atoms with Gasteiger partial charge in [-0.15, -0.1) is 0 Å². The summed E-state index contributed by atoms with van der Waals surface area (Å²) >= 11 is 6.62. The first-order valence-corrected chi connectivity index (χ1v) is 11.6. The average molecular weight is 607 g/mol. The molecule has 0 saturated carbocycles. The molecule has 12 heteroatoms. The van der Waals surface area contributed by atoms with Crippen molar-refractivity contribution in [1.82, 2.24) is 9.78 Å². The first-order valence-electron chi connectivity index (χ1n) is 9.99. The summed E-state index contributed by atoms with van der Waals surface area (Å²) in [6.07, 6.45) is 0. The van der Waals surface area contributed by atoms with Gasteiger partial charge in [-0.2, -0.15) is 9.78 Å². The molecule has 1 N–H and O–H groups in total. The number of amides is 1. The van der Waals surface area contributed by atoms with Crippen molar-refractivity contribution < 1.29 is 23.1 Å². The molecule has 0 fully saturated rings. The van der Waals surface area contributed by atoms with E-state index in [-0.39, 0.29) is 34.8 Å². The number of fused-ring (bicyclic) bond motifs is 1. The zero-order valence-corrected chi connectivity index (χ0v) is 21.0. The van der Waals surface area contributed by atoms with Gasteiger partial charge in [-0.05, 0) is 65.3 Å². The van der Waals surface area contributed by atoms with Crippen LogP contribution in [0.25, 0.3) is 16.7 Å². The molecule has 0 bridgehead atoms. The minimum atomic E-state index is -0.928. The van der Waals surface area contributed by atoms with Crippen LogP contribution in [0.15, 0.2) is 71.5 Å². The third kappa shape index (κ3) is 5.08. The summed E-state index contributed by atoms with van der Waals surface area (Å²) in [5, 5.41) is 6.83. The Morgan fingerprint density at radius 2 is 1.83 bits per heavy atom. The monoisotopic (exact) mass is 605 g/mol. The Labute approximate surface area is 212 Å². The SMILES string of the molecule is CCOC(=O)c1nn(-c2ccc(F)cc2)c(=O)cc1NC(=O)c1cc2cc(Br)cc(Br)c2oc1=O. The van der Waals surface area contributed by atoms with Gasteiger partial charge in [0.2, 0.25) is 0 Å². The Hall–Kier alpha value is -3.64. The third-order valence-corrected chi connectivity index (χ3v) is 5.76. The third-order valence-electron chi connectivity index (χ3n) is 4.72. The van der Waals surface area contributed by atoms with Crippen molar-refractivity contribution in [2.75, 3.05) is 11.9 Å². The van der Waals surface area contributed by atoms with Crippen LogP contribution in [0, 0.1) is 5.82 Å². The maximum absolute atomic E-state index is 13.3. The van der Waals surface area contributed by atoms with Gasteiger partial charge in [0, 0.05) is 15.9 Å². The lowest BCUT2D eigenvalue weighted by molar-refractivity contribution is 0.0518. The Bertz CT molecular complexity index is 1600. The van der Waals surface area contributed by atoms with E-state index >= 15 is 0 Å². The fourth-order valence-corrected chi connectivity index (χ4v) is 4.51. The molecule has 0 spiro atoms. The van der Waals surface area contributed by atoms with E-state index in [1.165, 1.54) is 18.2 Å². The number of hydrogen-bond acceptors (Lipinski definition) is 7. The predicted octanol–water partition coefficient (Wildman–Crippen LogP) is 4.43. The zero-order chi connectivity index (χ0) is 25.3. The molecular weight excluding hydrogens is 593 g/mol. The molecule has 2 aromatic heterocycles. The van der Waals surface area contributed by atoms with Crippen molar-refractivity contribution in [1.29, 1.82) is 0 Å². The van der Waals surface area contributed by atoms with Crippen molar-refractivity contribution >= 4 is 60.4 Å². The summed E-state index contributed by atoms with van der Waals surface area (Å²) in [6, 6.07) is 10.5. The van der Waals surface area contributed by atoms with Crippen molar-refractivity contribution in [3.05, 3.63) is 95.3 Å². The second kappa shape index (κ2) is 9.92. The summed E-state index contributed by atoms with van der Waals surface area (Å²) in [7, 11) is 0. The summed E-state index contributed by atoms with van der Waals surface area (Å²) < 4.78 is 25.6. The Morgan fingerprint density at radius 1 is 1.11 bits per heavy atom. The number of nitrogens with zero attached hydrogens (tertiary/aromatic N) is 2. The van der Waals surface area contributed by atoms with Crippen LogP contribution in [0.1, 0.15) is 27.8 Å². The normalized spacial score (nSPS) is 10.9. The Morgan fingerprint density at radius 3 is 2.51 bits per heavy atom. The number of carbonyl (C=O) groups excluding carboxylic acids is 2. The molecule has 9 nitrogen and oxygen atoms in total. The molecular formula is C23H14Br2FN3O6. The highest BCUT2D eigenvalue weighted by Crippen LogP contribution is 2.28. The number of ether oxygens (including phenoxy) is 1. The summed E-state index contributed by atoms with van der Waals surface area (Å²) in [5.74, 6) is -2.37. The fraction of sp³-hybridized carbons (Fsp3) is 0.0870. The highest BCUT2D eigenvalue weighted by Gasteiger charge is 2.22. The standard InChI is InChI=1S/C23H14Br2FN3O6/c1-2-34-23(33)19-17(10-18(30)29(28-19)14-5-3-13(26)4-6-14)27-21(31)15-8-11-7-12(24)9-16(25)20(11)35-22(15)32/h3-10H,2H2,1H3,(H,27,31). The topological polar surface area (TPSA) is 120 Å². The quantitative estimate of drug-likeness (QED) is 0.263. The molecule has 0 atom stereocenters. The van der Waals surface area contributed by atoms with Crippen LogP contribution >= 0.6 is 31.9 Å². The Kier molecular flexibility index (Phi) is 6.94. The molecule has 35 heavy (non-hydrogen) atoms. The lowest BCUT2D eigenvalue weighted by Gasteiger charge is -2.12. The molecule has 1 amide bonds. The van der Waals surface area contributed by atoms with Crippen molar-refractivity contribution in [3.63, 3.8) is 0 Å². The molecule has 4 aromatic rings. The summed E-state index contributed by atoms with van der Waals surface area (Å²) in [5.41, 5.74) is -2.25. The van der Waals surface area contributed by atoms with Crippen LogP contribution in [-0.4, -0.2) is 28.3 Å². The lowest BCUT2D eigenvalue weighted by atomic mass is 10.1. The number of anilines is 1. The highest BCUT2D eigenvalue weighted by atomic mass is 79.9. The second-order valence-electron chi connectivity index (χ2n) is 7.06. The maximum Gasteiger partial charge on any atom is 0.360 e. The molecule has 2 heterocycles. The van der Waals surface area contributed by atoms with Crippen LogP contribution < -0.4 is 16.5 Å². The molecule has 178 valence electrons. The van der Waals surface area contributed by atoms with Gasteiger partial charge in [-0.25, -0.2) is 14.0 Å². The predicted molar refractivity (Wildman–Crippen MR) is 132 cm³/mol. The minimum absolute atomic E-state index is 0.00158. The van der Waals surface area contributed by atoms with Crippen molar-refractivity contribution in [2.24, 2.45) is 0 Å². The number of benzene rings is 2. The van der Waals surface area contributed by atoms with Crippen LogP contribution in [0.4, 0.5) is 10.1 Å². The zero-order valence-electron chi connectivity index (χ0n) is 17.8. The number of rotatable bonds is 5. The van der Waals surface area contributed by atoms with E-state index in [0.717, 1.165) is 22.9 Å². The van der Waals surface area contributed by atoms with Gasteiger partial charge in [0.05, 0.1) is 22.5 Å². The van der Waals surface area contributed by atoms with E-state index in [1.807, 2.05) is 0 Å². The van der Waals surface area contributed by atoms with E-state index in [4.69, 9.17) is 9.15 Å². The Balaban J connectivity index is 1.78. The number of esters is 1. The van der Waals surface area contributed by atoms with Gasteiger partial charge < -0.3 is 14.5 Å². The summed E-state index contributed by atoms with van der Waals surface area (Å²) in [6.45, 7) is 1.57. The number of hydrogen-bond donors (Lipinski definition) is 1. The molecule has 0 radical (unpaired) electrons. The van der Waals surface area contributed by atoms with Crippen LogP contribution in [0.2, 0.25) is 0 Å². The first kappa shape index (κ1) is 24.5. The van der Waals surface area contributed by atoms with Crippen LogP contribution in [0.3, 0.4) is 0 Å². The second-order valence-corrected chi connectivity index (χ2v) is 8.83.